The number of alkyl carbamates (subject to hydrolysis) is 1. The monoisotopic (exact) mass is 580 g/mol. The molecule has 0 bridgehead atoms. The van der Waals surface area contributed by atoms with E-state index in [0.717, 1.165) is 33.6 Å². The van der Waals surface area contributed by atoms with Crippen LogP contribution in [0.25, 0.3) is 0 Å². The van der Waals surface area contributed by atoms with Gasteiger partial charge in [0.05, 0.1) is 30.3 Å². The molecule has 0 unspecified atom stereocenters. The summed E-state index contributed by atoms with van der Waals surface area (Å²) in [6, 6.07) is 11.7. The van der Waals surface area contributed by atoms with E-state index in [4.69, 9.17) is 24.3 Å². The number of carbonyl (C=O) groups is 1. The fraction of sp³-hybridized carbons (Fsp3) is 0.379. The largest absolute Gasteiger partial charge is 0.496 e. The first-order chi connectivity index (χ1) is 19.6. The van der Waals surface area contributed by atoms with Crippen LogP contribution in [0.2, 0.25) is 0 Å². The Bertz CT molecular complexity index is 1380. The number of ether oxygens (including phenoxy) is 3. The van der Waals surface area contributed by atoms with Gasteiger partial charge in [0, 0.05) is 31.6 Å². The molecule has 0 aliphatic carbocycles. The summed E-state index contributed by atoms with van der Waals surface area (Å²) in [7, 11) is 1.59. The standard InChI is InChI=1S/C29H36N6O5S/c1-7-20-8-9-24(38-11-10-30)27(14-20)41-34-17-23-25(37-6)12-21(13-26(23)40-31-5)18-35-19-22(16-33-35)15-32-28(36)39-29(2,3)4/h8-9,12-14,16,19,34H,5,7,11,15,17-18H2,1-4,6H3,(H,32,36). The van der Waals surface area contributed by atoms with Crippen LogP contribution in [0, 0.1) is 11.3 Å². The Labute approximate surface area is 244 Å². The first kappa shape index (κ1) is 31.3. The topological polar surface area (TPSA) is 132 Å². The van der Waals surface area contributed by atoms with Gasteiger partial charge in [0.1, 0.15) is 23.2 Å². The molecule has 3 rings (SSSR count). The third kappa shape index (κ3) is 9.73. The number of rotatable bonds is 14. The highest BCUT2D eigenvalue weighted by atomic mass is 32.2. The zero-order valence-corrected chi connectivity index (χ0v) is 24.8. The van der Waals surface area contributed by atoms with Gasteiger partial charge in [-0.25, -0.2) is 4.79 Å². The Morgan fingerprint density at radius 2 is 1.93 bits per heavy atom. The van der Waals surface area contributed by atoms with Gasteiger partial charge in [0.2, 0.25) is 0 Å². The Morgan fingerprint density at radius 3 is 2.61 bits per heavy atom. The molecule has 1 amide bonds. The highest BCUT2D eigenvalue weighted by Gasteiger charge is 2.17. The van der Waals surface area contributed by atoms with Crippen LogP contribution in [0.5, 0.6) is 17.2 Å². The van der Waals surface area contributed by atoms with Crippen molar-refractivity contribution in [3.05, 3.63) is 65.0 Å². The molecular formula is C29H36N6O5S. The van der Waals surface area contributed by atoms with E-state index < -0.39 is 11.7 Å². The summed E-state index contributed by atoms with van der Waals surface area (Å²) in [6.45, 7) is 12.1. The normalized spacial score (nSPS) is 10.9. The maximum Gasteiger partial charge on any atom is 0.407 e. The molecule has 3 aromatic rings. The first-order valence-electron chi connectivity index (χ1n) is 13.0. The summed E-state index contributed by atoms with van der Waals surface area (Å²) in [6.07, 6.45) is 3.93. The first-order valence-corrected chi connectivity index (χ1v) is 13.8. The molecule has 1 heterocycles. The van der Waals surface area contributed by atoms with Crippen LogP contribution in [0.4, 0.5) is 4.79 Å². The Morgan fingerprint density at radius 1 is 1.15 bits per heavy atom. The Hall–Kier alpha value is -4.21. The maximum absolute atomic E-state index is 11.9. The van der Waals surface area contributed by atoms with Gasteiger partial charge in [-0.15, -0.1) is 0 Å². The summed E-state index contributed by atoms with van der Waals surface area (Å²) in [5, 5.41) is 19.7. The molecule has 2 aromatic carbocycles. The molecule has 0 saturated carbocycles. The predicted octanol–water partition coefficient (Wildman–Crippen LogP) is 5.22. The lowest BCUT2D eigenvalue weighted by Crippen LogP contribution is -2.32. The molecule has 41 heavy (non-hydrogen) atoms. The van der Waals surface area contributed by atoms with Gasteiger partial charge in [-0.05, 0) is 74.5 Å². The lowest BCUT2D eigenvalue weighted by molar-refractivity contribution is 0.0523. The minimum atomic E-state index is -0.566. The number of amides is 1. The van der Waals surface area contributed by atoms with E-state index in [2.05, 4.69) is 33.9 Å². The van der Waals surface area contributed by atoms with Crippen molar-refractivity contribution in [3.8, 4) is 23.3 Å². The molecule has 0 radical (unpaired) electrons. The van der Waals surface area contributed by atoms with Crippen LogP contribution in [0.15, 0.2) is 52.8 Å². The third-order valence-electron chi connectivity index (χ3n) is 5.62. The number of aromatic nitrogens is 2. The molecule has 1 aromatic heterocycles. The molecule has 0 saturated heterocycles. The SMILES string of the molecule is C=NOc1cc(Cn2cc(CNC(=O)OC(C)(C)C)cn2)cc(OC)c1CNSc1cc(CC)ccc1OCC#N. The highest BCUT2D eigenvalue weighted by Crippen LogP contribution is 2.34. The number of hydrogen-bond donors (Lipinski definition) is 2. The van der Waals surface area contributed by atoms with Crippen molar-refractivity contribution < 1.29 is 23.8 Å². The molecule has 0 aliphatic heterocycles. The number of oxime groups is 1. The minimum Gasteiger partial charge on any atom is -0.496 e. The van der Waals surface area contributed by atoms with Gasteiger partial charge in [0.25, 0.3) is 0 Å². The van der Waals surface area contributed by atoms with Crippen LogP contribution in [0.1, 0.15) is 49.9 Å². The van der Waals surface area contributed by atoms with Crippen molar-refractivity contribution in [2.45, 2.75) is 64.2 Å². The minimum absolute atomic E-state index is 0.0324. The van der Waals surface area contributed by atoms with Crippen LogP contribution in [0.3, 0.4) is 0 Å². The zero-order chi connectivity index (χ0) is 29.8. The van der Waals surface area contributed by atoms with Crippen molar-refractivity contribution in [3.63, 3.8) is 0 Å². The van der Waals surface area contributed by atoms with E-state index in [-0.39, 0.29) is 6.61 Å². The molecule has 0 atom stereocenters. The van der Waals surface area contributed by atoms with Crippen molar-refractivity contribution >= 4 is 24.8 Å². The highest BCUT2D eigenvalue weighted by molar-refractivity contribution is 7.97. The molecular weight excluding hydrogens is 544 g/mol. The van der Waals surface area contributed by atoms with Crippen molar-refractivity contribution in [1.82, 2.24) is 19.8 Å². The zero-order valence-electron chi connectivity index (χ0n) is 24.0. The van der Waals surface area contributed by atoms with Gasteiger partial charge in [-0.1, -0.05) is 18.1 Å². The number of nitrogens with one attached hydrogen (secondary N) is 2. The fourth-order valence-electron chi connectivity index (χ4n) is 3.80. The number of nitriles is 1. The summed E-state index contributed by atoms with van der Waals surface area (Å²) < 4.78 is 21.6. The average Bonchev–Trinajstić information content (AvgIpc) is 3.38. The van der Waals surface area contributed by atoms with E-state index in [9.17, 15) is 4.79 Å². The second-order valence-electron chi connectivity index (χ2n) is 9.90. The smallest absolute Gasteiger partial charge is 0.407 e. The van der Waals surface area contributed by atoms with Gasteiger partial charge in [-0.2, -0.15) is 10.4 Å². The molecule has 0 spiro atoms. The summed E-state index contributed by atoms with van der Waals surface area (Å²) >= 11 is 1.39. The van der Waals surface area contributed by atoms with E-state index >= 15 is 0 Å². The van der Waals surface area contributed by atoms with E-state index in [0.29, 0.717) is 36.9 Å². The quantitative estimate of drug-likeness (QED) is 0.150. The second kappa shape index (κ2) is 15.0. The van der Waals surface area contributed by atoms with Crippen molar-refractivity contribution in [2.75, 3.05) is 13.7 Å². The van der Waals surface area contributed by atoms with Crippen molar-refractivity contribution in [1.29, 1.82) is 5.26 Å². The van der Waals surface area contributed by atoms with E-state index in [1.165, 1.54) is 11.9 Å². The summed E-state index contributed by atoms with van der Waals surface area (Å²) in [5.41, 5.74) is 3.04. The molecule has 0 aliphatic rings. The third-order valence-corrected chi connectivity index (χ3v) is 6.44. The molecule has 0 fully saturated rings. The van der Waals surface area contributed by atoms with E-state index in [1.807, 2.05) is 63.4 Å². The Balaban J connectivity index is 1.71. The molecule has 12 heteroatoms. The number of aryl methyl sites for hydroxylation is 1. The van der Waals surface area contributed by atoms with Crippen LogP contribution in [-0.2, 0) is 30.8 Å². The lowest BCUT2D eigenvalue weighted by Gasteiger charge is -2.19. The van der Waals surface area contributed by atoms with Crippen LogP contribution < -0.4 is 24.4 Å². The van der Waals surface area contributed by atoms with Gasteiger partial charge in [-0.3, -0.25) is 9.40 Å². The van der Waals surface area contributed by atoms with Crippen molar-refractivity contribution in [2.24, 2.45) is 5.16 Å². The lowest BCUT2D eigenvalue weighted by atomic mass is 10.1. The molecule has 218 valence electrons. The number of benzene rings is 2. The second-order valence-corrected chi connectivity index (χ2v) is 10.8. The number of nitrogens with zero attached hydrogens (tertiary/aromatic N) is 4. The van der Waals surface area contributed by atoms with Gasteiger partial charge < -0.3 is 24.4 Å². The van der Waals surface area contributed by atoms with Gasteiger partial charge >= 0.3 is 6.09 Å². The number of methoxy groups -OCH3 is 1. The predicted molar refractivity (Wildman–Crippen MR) is 157 cm³/mol. The van der Waals surface area contributed by atoms with E-state index in [1.54, 1.807) is 18.0 Å². The van der Waals surface area contributed by atoms with Gasteiger partial charge in [0.15, 0.2) is 12.4 Å². The maximum atomic E-state index is 11.9. The Kier molecular flexibility index (Phi) is 11.4. The van der Waals surface area contributed by atoms with Crippen LogP contribution in [-0.4, -0.2) is 41.9 Å². The molecule has 2 N–H and O–H groups in total. The van der Waals surface area contributed by atoms with Crippen LogP contribution >= 0.6 is 11.9 Å². The fourth-order valence-corrected chi connectivity index (χ4v) is 4.61. The summed E-state index contributed by atoms with van der Waals surface area (Å²) in [4.78, 5) is 18.3. The summed E-state index contributed by atoms with van der Waals surface area (Å²) in [5.74, 6) is 1.73. The molecule has 11 nitrogen and oxygen atoms in total. The average molecular weight is 581 g/mol. The number of hydrogen-bond acceptors (Lipinski definition) is 10. The number of carbonyl (C=O) groups excluding carboxylic acids is 1.